The van der Waals surface area contributed by atoms with Gasteiger partial charge in [0.15, 0.2) is 0 Å². The molecule has 1 aliphatic heterocycles. The highest BCUT2D eigenvalue weighted by molar-refractivity contribution is 6.61. The molecule has 1 atom stereocenters. The van der Waals surface area contributed by atoms with E-state index in [1.165, 1.54) is 0 Å². The van der Waals surface area contributed by atoms with Gasteiger partial charge in [-0.15, -0.1) is 12.4 Å². The molecule has 3 nitrogen and oxygen atoms in total. The zero-order valence-corrected chi connectivity index (χ0v) is 7.12. The molecule has 0 fully saturated rings. The fourth-order valence-corrected chi connectivity index (χ4v) is 1.28. The van der Waals surface area contributed by atoms with Gasteiger partial charge >= 0.3 is 7.12 Å². The molecule has 0 bridgehead atoms. The molecule has 0 amide bonds. The lowest BCUT2D eigenvalue weighted by Gasteiger charge is -2.02. The number of hydrogen-bond acceptors (Lipinski definition) is 3. The fraction of sp³-hybridized carbons (Fsp3) is 0.143. The van der Waals surface area contributed by atoms with Gasteiger partial charge in [-0.1, -0.05) is 24.3 Å². The Kier molecular flexibility index (Phi) is 2.74. The van der Waals surface area contributed by atoms with Crippen molar-refractivity contribution in [2.24, 2.45) is 5.73 Å². The lowest BCUT2D eigenvalue weighted by atomic mass is 9.80. The van der Waals surface area contributed by atoms with Crippen molar-refractivity contribution in [3.63, 3.8) is 0 Å². The van der Waals surface area contributed by atoms with Crippen LogP contribution in [0, 0.1) is 0 Å². The van der Waals surface area contributed by atoms with E-state index < -0.39 is 13.3 Å². The Morgan fingerprint density at radius 2 is 2.08 bits per heavy atom. The predicted molar refractivity (Wildman–Crippen MR) is 49.3 cm³/mol. The molecule has 5 heteroatoms. The van der Waals surface area contributed by atoms with E-state index in [1.807, 2.05) is 24.3 Å². The summed E-state index contributed by atoms with van der Waals surface area (Å²) < 4.78 is 4.96. The maximum absolute atomic E-state index is 9.25. The van der Waals surface area contributed by atoms with Crippen LogP contribution in [-0.4, -0.2) is 12.1 Å². The Labute approximate surface area is 77.1 Å². The third-order valence-corrected chi connectivity index (χ3v) is 1.84. The van der Waals surface area contributed by atoms with Crippen LogP contribution in [0.5, 0.6) is 0 Å². The Bertz CT molecular complexity index is 257. The molecule has 1 aliphatic rings. The van der Waals surface area contributed by atoms with Crippen molar-refractivity contribution >= 4 is 25.0 Å². The quantitative estimate of drug-likeness (QED) is 0.550. The van der Waals surface area contributed by atoms with E-state index in [1.54, 1.807) is 0 Å². The summed E-state index contributed by atoms with van der Waals surface area (Å²) in [7, 11) is -0.846. The average Bonchev–Trinajstić information content (AvgIpc) is 2.30. The van der Waals surface area contributed by atoms with Crippen LogP contribution in [0.4, 0.5) is 0 Å². The molecular formula is C7H9BClNO2. The summed E-state index contributed by atoms with van der Waals surface area (Å²) in [6, 6.07) is 7.40. The lowest BCUT2D eigenvalue weighted by molar-refractivity contribution is 0.198. The summed E-state index contributed by atoms with van der Waals surface area (Å²) in [5.41, 5.74) is 7.21. The van der Waals surface area contributed by atoms with Gasteiger partial charge in [-0.2, -0.15) is 0 Å². The van der Waals surface area contributed by atoms with Crippen molar-refractivity contribution in [3.8, 4) is 0 Å². The number of halogens is 1. The maximum atomic E-state index is 9.25. The Morgan fingerprint density at radius 3 is 2.75 bits per heavy atom. The summed E-state index contributed by atoms with van der Waals surface area (Å²) in [6.45, 7) is 0. The van der Waals surface area contributed by atoms with Crippen molar-refractivity contribution in [2.75, 3.05) is 0 Å². The summed E-state index contributed by atoms with van der Waals surface area (Å²) in [5.74, 6) is 0. The largest absolute Gasteiger partial charge is 0.492 e. The molecule has 1 heterocycles. The second-order valence-corrected chi connectivity index (χ2v) is 2.54. The van der Waals surface area contributed by atoms with E-state index in [-0.39, 0.29) is 12.4 Å². The van der Waals surface area contributed by atoms with Crippen LogP contribution in [-0.2, 0) is 4.65 Å². The number of benzene rings is 1. The molecule has 64 valence electrons. The van der Waals surface area contributed by atoms with Crippen molar-refractivity contribution in [3.05, 3.63) is 29.8 Å². The number of hydrogen-bond donors (Lipinski definition) is 2. The van der Waals surface area contributed by atoms with Crippen molar-refractivity contribution in [1.82, 2.24) is 0 Å². The number of fused-ring (bicyclic) bond motifs is 1. The van der Waals surface area contributed by atoms with Gasteiger partial charge < -0.3 is 15.4 Å². The minimum atomic E-state index is -0.846. The van der Waals surface area contributed by atoms with Gasteiger partial charge in [0.25, 0.3) is 0 Å². The standard InChI is InChI=1S/C7H8BNO2.ClH/c9-7-5-3-1-2-4-6(5)8(10)11-7;/h1-4,7,10H,9H2;1H. The SMILES string of the molecule is Cl.NC1OB(O)c2ccccc21. The third kappa shape index (κ3) is 1.34. The van der Waals surface area contributed by atoms with E-state index in [0.717, 1.165) is 11.0 Å². The molecule has 0 aliphatic carbocycles. The van der Waals surface area contributed by atoms with Gasteiger partial charge in [0, 0.05) is 0 Å². The summed E-state index contributed by atoms with van der Waals surface area (Å²) >= 11 is 0. The van der Waals surface area contributed by atoms with Crippen molar-refractivity contribution < 1.29 is 9.68 Å². The van der Waals surface area contributed by atoms with Crippen LogP contribution in [0.3, 0.4) is 0 Å². The molecule has 0 saturated heterocycles. The minimum Gasteiger partial charge on any atom is -0.423 e. The van der Waals surface area contributed by atoms with Crippen LogP contribution < -0.4 is 11.2 Å². The van der Waals surface area contributed by atoms with Gasteiger partial charge in [-0.3, -0.25) is 0 Å². The topological polar surface area (TPSA) is 55.5 Å². The predicted octanol–water partition coefficient (Wildman–Crippen LogP) is -0.217. The Morgan fingerprint density at radius 1 is 1.42 bits per heavy atom. The molecule has 1 unspecified atom stereocenters. The fourth-order valence-electron chi connectivity index (χ4n) is 1.28. The van der Waals surface area contributed by atoms with Crippen LogP contribution in [0.15, 0.2) is 24.3 Å². The molecule has 0 aromatic heterocycles. The van der Waals surface area contributed by atoms with Crippen LogP contribution >= 0.6 is 12.4 Å². The van der Waals surface area contributed by atoms with Crippen LogP contribution in [0.2, 0.25) is 0 Å². The van der Waals surface area contributed by atoms with E-state index >= 15 is 0 Å². The third-order valence-electron chi connectivity index (χ3n) is 1.84. The van der Waals surface area contributed by atoms with E-state index in [4.69, 9.17) is 10.4 Å². The van der Waals surface area contributed by atoms with E-state index in [0.29, 0.717) is 0 Å². The zero-order valence-electron chi connectivity index (χ0n) is 6.31. The first kappa shape index (κ1) is 9.54. The molecule has 3 N–H and O–H groups in total. The first-order valence-corrected chi connectivity index (χ1v) is 3.47. The second-order valence-electron chi connectivity index (χ2n) is 2.54. The summed E-state index contributed by atoms with van der Waals surface area (Å²) in [5, 5.41) is 9.25. The van der Waals surface area contributed by atoms with E-state index in [9.17, 15) is 5.02 Å². The first-order chi connectivity index (χ1) is 5.29. The highest BCUT2D eigenvalue weighted by atomic mass is 35.5. The molecule has 0 radical (unpaired) electrons. The smallest absolute Gasteiger partial charge is 0.423 e. The van der Waals surface area contributed by atoms with Gasteiger partial charge in [-0.05, 0) is 11.0 Å². The first-order valence-electron chi connectivity index (χ1n) is 3.47. The van der Waals surface area contributed by atoms with E-state index in [2.05, 4.69) is 0 Å². The molecule has 0 saturated carbocycles. The van der Waals surface area contributed by atoms with Crippen LogP contribution in [0.1, 0.15) is 11.8 Å². The molecule has 12 heavy (non-hydrogen) atoms. The minimum absolute atomic E-state index is 0. The number of nitrogens with two attached hydrogens (primary N) is 1. The Hall–Kier alpha value is -0.545. The molecule has 0 spiro atoms. The Balaban J connectivity index is 0.000000720. The summed E-state index contributed by atoms with van der Waals surface area (Å²) in [6.07, 6.45) is -0.471. The molecular weight excluding hydrogens is 176 g/mol. The zero-order chi connectivity index (χ0) is 7.84. The second kappa shape index (κ2) is 3.45. The maximum Gasteiger partial charge on any atom is 0.492 e. The van der Waals surface area contributed by atoms with Gasteiger partial charge in [-0.25, -0.2) is 0 Å². The highest BCUT2D eigenvalue weighted by Crippen LogP contribution is 2.16. The highest BCUT2D eigenvalue weighted by Gasteiger charge is 2.31. The average molecular weight is 185 g/mol. The molecule has 2 rings (SSSR count). The summed E-state index contributed by atoms with van der Waals surface area (Å²) in [4.78, 5) is 0. The molecule has 1 aromatic rings. The van der Waals surface area contributed by atoms with Gasteiger partial charge in [0.1, 0.15) is 6.23 Å². The van der Waals surface area contributed by atoms with Gasteiger partial charge in [0.2, 0.25) is 0 Å². The van der Waals surface area contributed by atoms with Crippen molar-refractivity contribution in [2.45, 2.75) is 6.23 Å². The monoisotopic (exact) mass is 185 g/mol. The number of rotatable bonds is 0. The van der Waals surface area contributed by atoms with Crippen molar-refractivity contribution in [1.29, 1.82) is 0 Å². The normalized spacial score (nSPS) is 20.2. The van der Waals surface area contributed by atoms with Gasteiger partial charge in [0.05, 0.1) is 0 Å². The van der Waals surface area contributed by atoms with Crippen LogP contribution in [0.25, 0.3) is 0 Å². The lowest BCUT2D eigenvalue weighted by Crippen LogP contribution is -2.27. The molecule has 1 aromatic carbocycles.